The fourth-order valence-corrected chi connectivity index (χ4v) is 3.05. The summed E-state index contributed by atoms with van der Waals surface area (Å²) in [6.07, 6.45) is 0. The quantitative estimate of drug-likeness (QED) is 0.869. The van der Waals surface area contributed by atoms with Crippen molar-refractivity contribution in [1.29, 1.82) is 0 Å². The molecule has 0 fully saturated rings. The van der Waals surface area contributed by atoms with Crippen molar-refractivity contribution in [2.45, 2.75) is 38.8 Å². The Balaban J connectivity index is 2.23. The predicted molar refractivity (Wildman–Crippen MR) is 83.8 cm³/mol. The molecule has 0 aliphatic heterocycles. The van der Waals surface area contributed by atoms with E-state index in [0.29, 0.717) is 0 Å². The van der Waals surface area contributed by atoms with Crippen molar-refractivity contribution in [2.24, 2.45) is 0 Å². The van der Waals surface area contributed by atoms with Gasteiger partial charge in [-0.25, -0.2) is 13.1 Å². The maximum Gasteiger partial charge on any atom is 0.273 e. The minimum Gasteiger partial charge on any atom is -0.466 e. The van der Waals surface area contributed by atoms with E-state index in [-0.39, 0.29) is 22.5 Å². The first kappa shape index (κ1) is 17.3. The number of sulfonamides is 1. The molecule has 0 aromatic carbocycles. The lowest BCUT2D eigenvalue weighted by molar-refractivity contribution is 0.0938. The summed E-state index contributed by atoms with van der Waals surface area (Å²) in [4.78, 5) is 12.4. The third kappa shape index (κ3) is 3.48. The first-order valence-electron chi connectivity index (χ1n) is 7.07. The summed E-state index contributed by atoms with van der Waals surface area (Å²) in [5, 5.41) is 2.53. The maximum atomic E-state index is 12.4. The Morgan fingerprint density at radius 2 is 1.78 bits per heavy atom. The van der Waals surface area contributed by atoms with Gasteiger partial charge in [-0.3, -0.25) is 4.79 Å². The molecule has 23 heavy (non-hydrogen) atoms. The topological polar surface area (TPSA) is 102 Å². The smallest absolute Gasteiger partial charge is 0.273 e. The Labute approximate surface area is 135 Å². The van der Waals surface area contributed by atoms with Gasteiger partial charge in [0.05, 0.1) is 11.6 Å². The molecule has 2 aromatic heterocycles. The van der Waals surface area contributed by atoms with E-state index in [1.807, 2.05) is 26.8 Å². The van der Waals surface area contributed by atoms with Crippen molar-refractivity contribution < 1.29 is 22.0 Å². The summed E-state index contributed by atoms with van der Waals surface area (Å²) in [5.41, 5.74) is 1.06. The van der Waals surface area contributed by atoms with Crippen molar-refractivity contribution in [3.05, 3.63) is 40.5 Å². The van der Waals surface area contributed by atoms with Crippen LogP contribution in [0.4, 0.5) is 0 Å². The van der Waals surface area contributed by atoms with E-state index in [4.69, 9.17) is 8.83 Å². The summed E-state index contributed by atoms with van der Waals surface area (Å²) in [7, 11) is -2.45. The summed E-state index contributed by atoms with van der Waals surface area (Å²) in [5.74, 6) is 1.33. The molecule has 2 aromatic rings. The molecule has 0 aliphatic carbocycles. The summed E-state index contributed by atoms with van der Waals surface area (Å²) < 4.78 is 36.2. The Kier molecular flexibility index (Phi) is 4.67. The van der Waals surface area contributed by atoms with Gasteiger partial charge in [0.1, 0.15) is 17.3 Å². The van der Waals surface area contributed by atoms with Crippen LogP contribution in [-0.4, -0.2) is 21.4 Å². The van der Waals surface area contributed by atoms with Gasteiger partial charge < -0.3 is 14.2 Å². The number of amides is 1. The van der Waals surface area contributed by atoms with E-state index < -0.39 is 15.9 Å². The van der Waals surface area contributed by atoms with Crippen LogP contribution in [0.2, 0.25) is 0 Å². The predicted octanol–water partition coefficient (Wildman–Crippen LogP) is 2.20. The van der Waals surface area contributed by atoms with Gasteiger partial charge in [-0.1, -0.05) is 0 Å². The molecule has 8 heteroatoms. The highest BCUT2D eigenvalue weighted by molar-refractivity contribution is 7.89. The molecule has 1 atom stereocenters. The zero-order valence-corrected chi connectivity index (χ0v) is 14.5. The van der Waals surface area contributed by atoms with E-state index in [2.05, 4.69) is 10.0 Å². The van der Waals surface area contributed by atoms with Gasteiger partial charge in [-0.2, -0.15) is 0 Å². The van der Waals surface area contributed by atoms with E-state index >= 15 is 0 Å². The third-order valence-electron chi connectivity index (χ3n) is 3.57. The normalized spacial score (nSPS) is 13.1. The van der Waals surface area contributed by atoms with Gasteiger partial charge in [0.25, 0.3) is 15.9 Å². The van der Waals surface area contributed by atoms with Crippen LogP contribution in [-0.2, 0) is 10.0 Å². The standard InChI is InChI=1S/C15H20N2O5S/c1-8-6-12(10(3)21-8)9(2)17-15(18)13-7-14(22-11(13)4)23(19,20)16-5/h6-7,9,16H,1-5H3,(H,17,18)/t9-/m0/s1. The molecule has 0 unspecified atom stereocenters. The Morgan fingerprint density at radius 1 is 1.13 bits per heavy atom. The highest BCUT2D eigenvalue weighted by Crippen LogP contribution is 2.23. The lowest BCUT2D eigenvalue weighted by Crippen LogP contribution is -2.27. The summed E-state index contributed by atoms with van der Waals surface area (Å²) in [6.45, 7) is 7.03. The zero-order valence-electron chi connectivity index (χ0n) is 13.7. The minimum atomic E-state index is -3.73. The molecule has 7 nitrogen and oxygen atoms in total. The molecule has 1 amide bonds. The van der Waals surface area contributed by atoms with Crippen molar-refractivity contribution in [3.63, 3.8) is 0 Å². The van der Waals surface area contributed by atoms with Gasteiger partial charge in [-0.15, -0.1) is 0 Å². The van der Waals surface area contributed by atoms with Gasteiger partial charge in [0, 0.05) is 11.6 Å². The van der Waals surface area contributed by atoms with E-state index in [9.17, 15) is 13.2 Å². The number of furan rings is 2. The molecule has 2 heterocycles. The van der Waals surface area contributed by atoms with Gasteiger partial charge in [0.15, 0.2) is 0 Å². The number of aryl methyl sites for hydroxylation is 3. The molecular formula is C15H20N2O5S. The number of nitrogens with one attached hydrogen (secondary N) is 2. The molecule has 0 radical (unpaired) electrons. The van der Waals surface area contributed by atoms with Crippen LogP contribution in [0.1, 0.15) is 46.2 Å². The SMILES string of the molecule is CNS(=O)(=O)c1cc(C(=O)N[C@@H](C)c2cc(C)oc2C)c(C)o1. The lowest BCUT2D eigenvalue weighted by atomic mass is 10.1. The molecule has 0 spiro atoms. The van der Waals surface area contributed by atoms with Gasteiger partial charge in [-0.05, 0) is 40.8 Å². The first-order chi connectivity index (χ1) is 10.7. The molecule has 0 aliphatic rings. The maximum absolute atomic E-state index is 12.4. The number of carbonyl (C=O) groups is 1. The Hall–Kier alpha value is -2.06. The molecule has 2 rings (SSSR count). The van der Waals surface area contributed by atoms with Crippen LogP contribution in [0.5, 0.6) is 0 Å². The highest BCUT2D eigenvalue weighted by atomic mass is 32.2. The highest BCUT2D eigenvalue weighted by Gasteiger charge is 2.24. The monoisotopic (exact) mass is 340 g/mol. The van der Waals surface area contributed by atoms with Crippen molar-refractivity contribution >= 4 is 15.9 Å². The van der Waals surface area contributed by atoms with Crippen molar-refractivity contribution in [3.8, 4) is 0 Å². The second-order valence-corrected chi connectivity index (χ2v) is 7.12. The minimum absolute atomic E-state index is 0.184. The number of rotatable bonds is 5. The Bertz CT molecular complexity index is 832. The van der Waals surface area contributed by atoms with Gasteiger partial charge >= 0.3 is 0 Å². The molecule has 2 N–H and O–H groups in total. The molecule has 126 valence electrons. The third-order valence-corrected chi connectivity index (χ3v) is 4.84. The Morgan fingerprint density at radius 3 is 2.30 bits per heavy atom. The van der Waals surface area contributed by atoms with Gasteiger partial charge in [0.2, 0.25) is 5.09 Å². The fourth-order valence-electron chi connectivity index (χ4n) is 2.35. The van der Waals surface area contributed by atoms with Crippen LogP contribution in [0.15, 0.2) is 26.1 Å². The largest absolute Gasteiger partial charge is 0.466 e. The van der Waals surface area contributed by atoms with E-state index in [1.165, 1.54) is 13.1 Å². The average Bonchev–Trinajstić information content (AvgIpc) is 3.01. The van der Waals surface area contributed by atoms with Crippen LogP contribution < -0.4 is 10.0 Å². The summed E-state index contributed by atoms with van der Waals surface area (Å²) in [6, 6.07) is 2.80. The fraction of sp³-hybridized carbons (Fsp3) is 0.400. The lowest BCUT2D eigenvalue weighted by Gasteiger charge is -2.12. The molecule has 0 bridgehead atoms. The molecular weight excluding hydrogens is 320 g/mol. The van der Waals surface area contributed by atoms with Crippen LogP contribution in [0, 0.1) is 20.8 Å². The number of hydrogen-bond donors (Lipinski definition) is 2. The van der Waals surface area contributed by atoms with Crippen molar-refractivity contribution in [1.82, 2.24) is 10.0 Å². The van der Waals surface area contributed by atoms with Crippen molar-refractivity contribution in [2.75, 3.05) is 7.05 Å². The molecule has 0 saturated heterocycles. The van der Waals surface area contributed by atoms with E-state index in [0.717, 1.165) is 17.1 Å². The zero-order chi connectivity index (χ0) is 17.4. The van der Waals surface area contributed by atoms with Crippen LogP contribution in [0.25, 0.3) is 0 Å². The van der Waals surface area contributed by atoms with Crippen LogP contribution in [0.3, 0.4) is 0 Å². The van der Waals surface area contributed by atoms with Crippen LogP contribution >= 0.6 is 0 Å². The van der Waals surface area contributed by atoms with E-state index in [1.54, 1.807) is 6.92 Å². The number of hydrogen-bond acceptors (Lipinski definition) is 5. The summed E-state index contributed by atoms with van der Waals surface area (Å²) >= 11 is 0. The second kappa shape index (κ2) is 6.21. The average molecular weight is 340 g/mol. The first-order valence-corrected chi connectivity index (χ1v) is 8.55. The second-order valence-electron chi connectivity index (χ2n) is 5.31. The molecule has 0 saturated carbocycles. The number of carbonyl (C=O) groups excluding carboxylic acids is 1.